The molecule has 0 spiro atoms. The number of carbonyl (C=O) groups is 6. The lowest BCUT2D eigenvalue weighted by Crippen LogP contribution is -2.56. The van der Waals surface area contributed by atoms with E-state index < -0.39 is 64.6 Å². The second kappa shape index (κ2) is 13.8. The third-order valence-corrected chi connectivity index (χ3v) is 6.00. The van der Waals surface area contributed by atoms with Crippen LogP contribution in [0.5, 0.6) is 0 Å². The Balaban J connectivity index is 1.89. The molecule has 2 rings (SSSR count). The Hall–Kier alpha value is -4.56. The molecule has 1 aromatic rings. The summed E-state index contributed by atoms with van der Waals surface area (Å²) in [6.45, 7) is 4.55. The highest BCUT2D eigenvalue weighted by Crippen LogP contribution is 2.19. The van der Waals surface area contributed by atoms with Crippen molar-refractivity contribution < 1.29 is 38.8 Å². The van der Waals surface area contributed by atoms with E-state index in [2.05, 4.69) is 21.3 Å². The van der Waals surface area contributed by atoms with Crippen molar-refractivity contribution in [3.63, 3.8) is 0 Å². The summed E-state index contributed by atoms with van der Waals surface area (Å²) in [5.41, 5.74) is 0.168. The fraction of sp³-hybridized carbons (Fsp3) is 0.500. The standard InChI is InChI=1S/C24H32N6O9/c1-13(25-19(31)10-11-20(32)33)21(34)27-15(3)24(37)29-12-4-5-18(29)23(36)26-14(2)22(35)28-16-6-8-17(9-7-16)30(38)39/h6-9,13-15,18H,4-5,10-12H2,1-3H3,(H,25,31)(H,26,36)(H,27,34)(H,28,35)(H,32,33)/t13-,14+,15+,18+/m0/s1. The van der Waals surface area contributed by atoms with Gasteiger partial charge in [-0.1, -0.05) is 0 Å². The molecule has 15 heteroatoms. The van der Waals surface area contributed by atoms with Crippen LogP contribution in [0.4, 0.5) is 11.4 Å². The summed E-state index contributed by atoms with van der Waals surface area (Å²) in [5.74, 6) is -4.06. The molecule has 15 nitrogen and oxygen atoms in total. The number of carboxylic acids is 1. The highest BCUT2D eigenvalue weighted by atomic mass is 16.6. The Kier molecular flexibility index (Phi) is 10.9. The maximum absolute atomic E-state index is 13.0. The molecular formula is C24H32N6O9. The molecule has 4 atom stereocenters. The molecule has 0 radical (unpaired) electrons. The van der Waals surface area contributed by atoms with Gasteiger partial charge in [0.2, 0.25) is 29.5 Å². The molecule has 39 heavy (non-hydrogen) atoms. The molecule has 1 aromatic carbocycles. The average molecular weight is 549 g/mol. The third-order valence-electron chi connectivity index (χ3n) is 6.00. The Bertz CT molecular complexity index is 1120. The van der Waals surface area contributed by atoms with E-state index in [1.165, 1.54) is 49.9 Å². The van der Waals surface area contributed by atoms with Crippen molar-refractivity contribution in [1.29, 1.82) is 0 Å². The molecule has 1 aliphatic rings. The van der Waals surface area contributed by atoms with Gasteiger partial charge in [-0.25, -0.2) is 0 Å². The Labute approximate surface area is 223 Å². The fourth-order valence-corrected chi connectivity index (χ4v) is 3.84. The maximum Gasteiger partial charge on any atom is 0.303 e. The van der Waals surface area contributed by atoms with E-state index in [1.54, 1.807) is 0 Å². The largest absolute Gasteiger partial charge is 0.481 e. The van der Waals surface area contributed by atoms with E-state index in [4.69, 9.17) is 5.11 Å². The normalized spacial score (nSPS) is 16.8. The summed E-state index contributed by atoms with van der Waals surface area (Å²) in [5, 5.41) is 29.4. The minimum Gasteiger partial charge on any atom is -0.481 e. The second-order valence-electron chi connectivity index (χ2n) is 9.13. The van der Waals surface area contributed by atoms with Crippen molar-refractivity contribution in [1.82, 2.24) is 20.9 Å². The number of amides is 5. The average Bonchev–Trinajstić information content (AvgIpc) is 3.37. The van der Waals surface area contributed by atoms with E-state index in [0.717, 1.165) is 0 Å². The van der Waals surface area contributed by atoms with Gasteiger partial charge in [0, 0.05) is 30.8 Å². The highest BCUT2D eigenvalue weighted by molar-refractivity contribution is 5.99. The Morgan fingerprint density at radius 3 is 2.15 bits per heavy atom. The first kappa shape index (κ1) is 30.7. The quantitative estimate of drug-likeness (QED) is 0.174. The molecule has 212 valence electrons. The van der Waals surface area contributed by atoms with Gasteiger partial charge in [-0.15, -0.1) is 0 Å². The summed E-state index contributed by atoms with van der Waals surface area (Å²) in [6, 6.07) is 1.30. The zero-order chi connectivity index (χ0) is 29.3. The fourth-order valence-electron chi connectivity index (χ4n) is 3.84. The van der Waals surface area contributed by atoms with Crippen LogP contribution in [0.1, 0.15) is 46.5 Å². The number of hydrogen-bond donors (Lipinski definition) is 5. The molecule has 1 aliphatic heterocycles. The van der Waals surface area contributed by atoms with Crippen LogP contribution in [0.25, 0.3) is 0 Å². The molecule has 5 amide bonds. The summed E-state index contributed by atoms with van der Waals surface area (Å²) >= 11 is 0. The van der Waals surface area contributed by atoms with Gasteiger partial charge in [-0.2, -0.15) is 0 Å². The lowest BCUT2D eigenvalue weighted by Gasteiger charge is -2.28. The van der Waals surface area contributed by atoms with Crippen LogP contribution in [0.15, 0.2) is 24.3 Å². The van der Waals surface area contributed by atoms with Crippen LogP contribution in [-0.4, -0.2) is 81.1 Å². The number of aliphatic carboxylic acids is 1. The Morgan fingerprint density at radius 1 is 0.949 bits per heavy atom. The second-order valence-corrected chi connectivity index (χ2v) is 9.13. The molecule has 5 N–H and O–H groups in total. The van der Waals surface area contributed by atoms with Crippen molar-refractivity contribution in [3.8, 4) is 0 Å². The van der Waals surface area contributed by atoms with Gasteiger partial charge in [0.15, 0.2) is 0 Å². The molecule has 1 fully saturated rings. The number of carboxylic acid groups (broad SMARTS) is 1. The smallest absolute Gasteiger partial charge is 0.303 e. The number of carbonyl (C=O) groups excluding carboxylic acids is 5. The van der Waals surface area contributed by atoms with Crippen LogP contribution in [0, 0.1) is 10.1 Å². The number of nitro benzene ring substituents is 1. The molecule has 1 heterocycles. The number of benzene rings is 1. The molecular weight excluding hydrogens is 516 g/mol. The minimum atomic E-state index is -1.15. The molecule has 0 aromatic heterocycles. The predicted octanol–water partition coefficient (Wildman–Crippen LogP) is -0.0968. The molecule has 1 saturated heterocycles. The zero-order valence-electron chi connectivity index (χ0n) is 21.8. The van der Waals surface area contributed by atoms with Gasteiger partial charge in [-0.3, -0.25) is 38.9 Å². The first-order chi connectivity index (χ1) is 18.3. The van der Waals surface area contributed by atoms with Gasteiger partial charge in [0.25, 0.3) is 5.69 Å². The highest BCUT2D eigenvalue weighted by Gasteiger charge is 2.37. The lowest BCUT2D eigenvalue weighted by molar-refractivity contribution is -0.384. The van der Waals surface area contributed by atoms with Gasteiger partial charge in [-0.05, 0) is 45.7 Å². The van der Waals surface area contributed by atoms with Crippen LogP contribution < -0.4 is 21.3 Å². The number of rotatable bonds is 12. The summed E-state index contributed by atoms with van der Waals surface area (Å²) in [4.78, 5) is 84.6. The summed E-state index contributed by atoms with van der Waals surface area (Å²) in [7, 11) is 0. The number of nitro groups is 1. The number of likely N-dealkylation sites (tertiary alicyclic amines) is 1. The number of anilines is 1. The van der Waals surface area contributed by atoms with Crippen LogP contribution in [0.3, 0.4) is 0 Å². The molecule has 0 bridgehead atoms. The molecule has 0 saturated carbocycles. The number of nitrogens with zero attached hydrogens (tertiary/aromatic N) is 2. The SMILES string of the molecule is C[C@H](NC(=O)CCC(=O)O)C(=O)N[C@H](C)C(=O)N1CCC[C@@H]1C(=O)N[C@H](C)C(=O)Nc1ccc([N+](=O)[O-])cc1. The monoisotopic (exact) mass is 548 g/mol. The molecule has 0 aliphatic carbocycles. The first-order valence-electron chi connectivity index (χ1n) is 12.3. The van der Waals surface area contributed by atoms with Gasteiger partial charge in [0.05, 0.1) is 11.3 Å². The topological polar surface area (TPSA) is 217 Å². The van der Waals surface area contributed by atoms with Crippen LogP contribution in [0.2, 0.25) is 0 Å². The Morgan fingerprint density at radius 2 is 1.56 bits per heavy atom. The van der Waals surface area contributed by atoms with Crippen molar-refractivity contribution in [3.05, 3.63) is 34.4 Å². The maximum atomic E-state index is 13.0. The lowest BCUT2D eigenvalue weighted by atomic mass is 10.1. The van der Waals surface area contributed by atoms with E-state index in [0.29, 0.717) is 18.5 Å². The zero-order valence-corrected chi connectivity index (χ0v) is 21.8. The van der Waals surface area contributed by atoms with Crippen molar-refractivity contribution in [2.45, 2.75) is 70.6 Å². The summed E-state index contributed by atoms with van der Waals surface area (Å²) < 4.78 is 0. The van der Waals surface area contributed by atoms with Crippen molar-refractivity contribution in [2.75, 3.05) is 11.9 Å². The number of hydrogen-bond acceptors (Lipinski definition) is 8. The van der Waals surface area contributed by atoms with Crippen LogP contribution >= 0.6 is 0 Å². The third kappa shape index (κ3) is 9.05. The van der Waals surface area contributed by atoms with E-state index in [1.807, 2.05) is 0 Å². The molecule has 0 unspecified atom stereocenters. The number of non-ortho nitro benzene ring substituents is 1. The van der Waals surface area contributed by atoms with Crippen molar-refractivity contribution in [2.24, 2.45) is 0 Å². The summed E-state index contributed by atoms with van der Waals surface area (Å²) in [6.07, 6.45) is 0.204. The van der Waals surface area contributed by atoms with Crippen LogP contribution in [-0.2, 0) is 28.8 Å². The first-order valence-corrected chi connectivity index (χ1v) is 12.3. The van der Waals surface area contributed by atoms with E-state index >= 15 is 0 Å². The van der Waals surface area contributed by atoms with Gasteiger partial charge < -0.3 is 31.3 Å². The number of nitrogens with one attached hydrogen (secondary N) is 4. The van der Waals surface area contributed by atoms with Crippen molar-refractivity contribution >= 4 is 46.9 Å². The minimum absolute atomic E-state index is 0.138. The van der Waals surface area contributed by atoms with E-state index in [-0.39, 0.29) is 25.1 Å². The predicted molar refractivity (Wildman–Crippen MR) is 136 cm³/mol. The van der Waals surface area contributed by atoms with Gasteiger partial charge in [0.1, 0.15) is 24.2 Å². The van der Waals surface area contributed by atoms with Gasteiger partial charge >= 0.3 is 5.97 Å². The van der Waals surface area contributed by atoms with E-state index in [9.17, 15) is 38.9 Å².